The molecule has 0 bridgehead atoms. The quantitative estimate of drug-likeness (QED) is 0.470. The number of anilines is 1. The first-order valence-corrected chi connectivity index (χ1v) is 5.96. The smallest absolute Gasteiger partial charge is 0.423 e. The summed E-state index contributed by atoms with van der Waals surface area (Å²) < 4.78 is 0. The molecule has 0 saturated carbocycles. The predicted octanol–water partition coefficient (Wildman–Crippen LogP) is -0.475. The Kier molecular flexibility index (Phi) is 6.24. The van der Waals surface area contributed by atoms with Crippen molar-refractivity contribution < 1.29 is 20.3 Å². The summed E-state index contributed by atoms with van der Waals surface area (Å²) in [4.78, 5) is 3.65. The predicted molar refractivity (Wildman–Crippen MR) is 76.1 cm³/mol. The number of hydrogen-bond acceptors (Lipinski definition) is 6. The van der Waals surface area contributed by atoms with Crippen molar-refractivity contribution in [2.45, 2.75) is 38.9 Å². The van der Waals surface area contributed by atoms with Crippen molar-refractivity contribution in [3.63, 3.8) is 0 Å². The minimum Gasteiger partial charge on any atom is -0.423 e. The monoisotopic (exact) mass is 290 g/mol. The molecule has 0 saturated heterocycles. The van der Waals surface area contributed by atoms with Crippen molar-refractivity contribution >= 4 is 30.0 Å². The molecule has 0 amide bonds. The second kappa shape index (κ2) is 6.54. The fourth-order valence-electron chi connectivity index (χ4n) is 0.675. The molecule has 19 heavy (non-hydrogen) atoms. The van der Waals surface area contributed by atoms with Crippen LogP contribution in [0.25, 0.3) is 0 Å². The molecule has 0 aromatic carbocycles. The minimum atomic E-state index is -1.60. The van der Waals surface area contributed by atoms with Gasteiger partial charge in [0.15, 0.2) is 0 Å². The topological polar surface area (TPSA) is 120 Å². The summed E-state index contributed by atoms with van der Waals surface area (Å²) in [5, 5.41) is 35.7. The number of hydrogen-bond donors (Lipinski definition) is 5. The Morgan fingerprint density at radius 3 is 1.84 bits per heavy atom. The van der Waals surface area contributed by atoms with E-state index in [1.165, 1.54) is 12.3 Å². The summed E-state index contributed by atoms with van der Waals surface area (Å²) in [6.45, 7) is 6.31. The third-order valence-electron chi connectivity index (χ3n) is 2.72. The van der Waals surface area contributed by atoms with Gasteiger partial charge in [0.2, 0.25) is 0 Å². The molecular formula is C11H20BClN2O4. The van der Waals surface area contributed by atoms with Crippen LogP contribution < -0.4 is 11.2 Å². The molecule has 1 aromatic rings. The van der Waals surface area contributed by atoms with Crippen LogP contribution in [0.4, 0.5) is 5.82 Å². The van der Waals surface area contributed by atoms with Crippen molar-refractivity contribution in [2.24, 2.45) is 0 Å². The number of pyridine rings is 1. The summed E-state index contributed by atoms with van der Waals surface area (Å²) in [5.41, 5.74) is 3.45. The van der Waals surface area contributed by atoms with E-state index in [1.807, 2.05) is 0 Å². The van der Waals surface area contributed by atoms with Crippen LogP contribution in [-0.2, 0) is 0 Å². The van der Waals surface area contributed by atoms with E-state index >= 15 is 0 Å². The molecule has 0 fully saturated rings. The molecule has 1 rings (SSSR count). The molecule has 8 heteroatoms. The second-order valence-electron chi connectivity index (χ2n) is 5.09. The molecule has 0 unspecified atom stereocenters. The Hall–Kier alpha value is -0.855. The molecule has 0 atom stereocenters. The summed E-state index contributed by atoms with van der Waals surface area (Å²) in [7, 11) is -1.60. The van der Waals surface area contributed by atoms with Gasteiger partial charge < -0.3 is 26.0 Å². The van der Waals surface area contributed by atoms with Crippen LogP contribution in [0.5, 0.6) is 0 Å². The van der Waals surface area contributed by atoms with E-state index < -0.39 is 18.3 Å². The normalized spacial score (nSPS) is 11.6. The van der Waals surface area contributed by atoms with Crippen molar-refractivity contribution in [3.05, 3.63) is 17.3 Å². The Morgan fingerprint density at radius 1 is 1.16 bits per heavy atom. The lowest BCUT2D eigenvalue weighted by Gasteiger charge is -2.31. The molecule has 6 nitrogen and oxygen atoms in total. The maximum Gasteiger partial charge on any atom is 0.490 e. The first kappa shape index (κ1) is 18.1. The van der Waals surface area contributed by atoms with E-state index in [1.54, 1.807) is 27.7 Å². The number of nitrogens with two attached hydrogens (primary N) is 1. The highest BCUT2D eigenvalue weighted by molar-refractivity contribution is 6.63. The lowest BCUT2D eigenvalue weighted by atomic mass is 9.81. The summed E-state index contributed by atoms with van der Waals surface area (Å²) in [6.07, 6.45) is 1.36. The maximum absolute atomic E-state index is 9.10. The molecular weight excluding hydrogens is 270 g/mol. The minimum absolute atomic E-state index is 0.0856. The molecule has 6 N–H and O–H groups in total. The second-order valence-corrected chi connectivity index (χ2v) is 5.47. The van der Waals surface area contributed by atoms with Crippen molar-refractivity contribution in [3.8, 4) is 0 Å². The van der Waals surface area contributed by atoms with Gasteiger partial charge in [0.1, 0.15) is 5.82 Å². The standard InChI is InChI=1S/C6H14O2.C5H6BClN2O2/c1-5(2,7)6(3,4)8;7-4-3(6(10)11)1-2-9-5(4)8/h7-8H,1-4H3;1-2,10-11H,(H2,8,9). The summed E-state index contributed by atoms with van der Waals surface area (Å²) >= 11 is 5.58. The largest absolute Gasteiger partial charge is 0.490 e. The number of aromatic nitrogens is 1. The molecule has 0 aliphatic carbocycles. The Bertz CT molecular complexity index is 404. The molecule has 108 valence electrons. The van der Waals surface area contributed by atoms with Crippen LogP contribution in [-0.4, -0.2) is 43.6 Å². The van der Waals surface area contributed by atoms with E-state index in [0.29, 0.717) is 0 Å². The fourth-order valence-corrected chi connectivity index (χ4v) is 0.884. The van der Waals surface area contributed by atoms with Crippen LogP contribution in [0.1, 0.15) is 27.7 Å². The van der Waals surface area contributed by atoms with Gasteiger partial charge in [0, 0.05) is 11.7 Å². The zero-order valence-electron chi connectivity index (χ0n) is 11.4. The average Bonchev–Trinajstić information content (AvgIpc) is 2.19. The SMILES string of the molecule is CC(C)(O)C(C)(C)O.Nc1nccc(B(O)O)c1Cl. The highest BCUT2D eigenvalue weighted by Gasteiger charge is 2.31. The number of nitrogen functional groups attached to an aromatic ring is 1. The van der Waals surface area contributed by atoms with Crippen molar-refractivity contribution in [1.29, 1.82) is 0 Å². The van der Waals surface area contributed by atoms with Crippen LogP contribution in [0.3, 0.4) is 0 Å². The average molecular weight is 291 g/mol. The van der Waals surface area contributed by atoms with Gasteiger partial charge in [-0.3, -0.25) is 0 Å². The third kappa shape index (κ3) is 5.75. The van der Waals surface area contributed by atoms with E-state index in [2.05, 4.69) is 4.98 Å². The van der Waals surface area contributed by atoms with E-state index in [4.69, 9.17) is 37.6 Å². The zero-order valence-corrected chi connectivity index (χ0v) is 12.2. The van der Waals surface area contributed by atoms with Gasteiger partial charge in [-0.25, -0.2) is 4.98 Å². The van der Waals surface area contributed by atoms with E-state index in [9.17, 15) is 0 Å². The number of nitrogens with zero attached hydrogens (tertiary/aromatic N) is 1. The van der Waals surface area contributed by atoms with Gasteiger partial charge in [-0.15, -0.1) is 0 Å². The third-order valence-corrected chi connectivity index (χ3v) is 3.13. The van der Waals surface area contributed by atoms with Crippen LogP contribution in [0.2, 0.25) is 5.02 Å². The van der Waals surface area contributed by atoms with Crippen molar-refractivity contribution in [2.75, 3.05) is 5.73 Å². The van der Waals surface area contributed by atoms with Gasteiger partial charge in [-0.1, -0.05) is 11.6 Å². The van der Waals surface area contributed by atoms with Gasteiger partial charge in [0.25, 0.3) is 0 Å². The van der Waals surface area contributed by atoms with Gasteiger partial charge in [-0.05, 0) is 33.8 Å². The van der Waals surface area contributed by atoms with E-state index in [-0.39, 0.29) is 16.3 Å². The highest BCUT2D eigenvalue weighted by Crippen LogP contribution is 2.19. The molecule has 1 aromatic heterocycles. The van der Waals surface area contributed by atoms with Gasteiger partial charge in [0.05, 0.1) is 16.2 Å². The number of halogens is 1. The highest BCUT2D eigenvalue weighted by atomic mass is 35.5. The summed E-state index contributed by atoms with van der Waals surface area (Å²) in [5.74, 6) is 0.0947. The van der Waals surface area contributed by atoms with Crippen LogP contribution >= 0.6 is 11.6 Å². The van der Waals surface area contributed by atoms with Crippen LogP contribution in [0.15, 0.2) is 12.3 Å². The summed E-state index contributed by atoms with van der Waals surface area (Å²) in [6, 6.07) is 1.39. The lowest BCUT2D eigenvalue weighted by Crippen LogP contribution is -2.44. The Balaban J connectivity index is 0.000000362. The molecule has 0 aliphatic rings. The molecule has 1 heterocycles. The zero-order chi connectivity index (χ0) is 15.4. The fraction of sp³-hybridized carbons (Fsp3) is 0.545. The van der Waals surface area contributed by atoms with Crippen LogP contribution in [0, 0.1) is 0 Å². The number of rotatable bonds is 2. The Labute approximate surface area is 118 Å². The van der Waals surface area contributed by atoms with Gasteiger partial charge >= 0.3 is 7.12 Å². The molecule has 0 aliphatic heterocycles. The van der Waals surface area contributed by atoms with Crippen molar-refractivity contribution in [1.82, 2.24) is 4.98 Å². The van der Waals surface area contributed by atoms with E-state index in [0.717, 1.165) is 0 Å². The number of aliphatic hydroxyl groups is 2. The Morgan fingerprint density at radius 2 is 1.58 bits per heavy atom. The molecule has 0 spiro atoms. The first-order chi connectivity index (χ1) is 8.38. The maximum atomic E-state index is 9.10. The lowest BCUT2D eigenvalue weighted by molar-refractivity contribution is -0.107. The first-order valence-electron chi connectivity index (χ1n) is 5.58. The van der Waals surface area contributed by atoms with Gasteiger partial charge in [-0.2, -0.15) is 0 Å². The molecule has 0 radical (unpaired) electrons.